The Morgan fingerprint density at radius 1 is 1.50 bits per heavy atom. The molecule has 1 saturated heterocycles. The van der Waals surface area contributed by atoms with E-state index in [2.05, 4.69) is 13.8 Å². The van der Waals surface area contributed by atoms with Gasteiger partial charge in [-0.1, -0.05) is 6.92 Å². The molecule has 4 nitrogen and oxygen atoms in total. The van der Waals surface area contributed by atoms with E-state index in [0.29, 0.717) is 6.61 Å². The summed E-state index contributed by atoms with van der Waals surface area (Å²) >= 11 is 0. The Morgan fingerprint density at radius 2 is 2.30 bits per heavy atom. The predicted molar refractivity (Wildman–Crippen MR) is 79.6 cm³/mol. The highest BCUT2D eigenvalue weighted by Crippen LogP contribution is 2.36. The lowest BCUT2D eigenvalue weighted by Gasteiger charge is -2.27. The van der Waals surface area contributed by atoms with Crippen LogP contribution >= 0.6 is 0 Å². The number of hydrogen-bond donors (Lipinski definition) is 1. The van der Waals surface area contributed by atoms with Gasteiger partial charge in [0.25, 0.3) is 0 Å². The van der Waals surface area contributed by atoms with Crippen molar-refractivity contribution in [2.24, 2.45) is 5.92 Å². The Morgan fingerprint density at radius 3 is 3.05 bits per heavy atom. The standard InChI is InChI=1S/C16H22N2O2/c1-3-15-13(6-7-20-15)16(19)18-10(2)8-11-9-12(17)4-5-14(11)18/h4-5,9-10,13,15H,3,6-8,17H2,1-2H3. The SMILES string of the molecule is CCC1OCCC1C(=O)N1c2ccc(N)cc2CC1C. The molecule has 3 rings (SSSR count). The Kier molecular flexibility index (Phi) is 3.42. The second-order valence-corrected chi connectivity index (χ2v) is 5.86. The van der Waals surface area contributed by atoms with Crippen LogP contribution in [0.15, 0.2) is 18.2 Å². The number of rotatable bonds is 2. The minimum Gasteiger partial charge on any atom is -0.399 e. The summed E-state index contributed by atoms with van der Waals surface area (Å²) in [5, 5.41) is 0. The summed E-state index contributed by atoms with van der Waals surface area (Å²) in [7, 11) is 0. The van der Waals surface area contributed by atoms with Crippen LogP contribution in [-0.2, 0) is 16.0 Å². The number of nitrogens with zero attached hydrogens (tertiary/aromatic N) is 1. The number of nitrogen functional groups attached to an aromatic ring is 1. The van der Waals surface area contributed by atoms with Gasteiger partial charge in [-0.3, -0.25) is 4.79 Å². The van der Waals surface area contributed by atoms with E-state index >= 15 is 0 Å². The van der Waals surface area contributed by atoms with Gasteiger partial charge in [-0.05, 0) is 49.9 Å². The van der Waals surface area contributed by atoms with Gasteiger partial charge in [0.15, 0.2) is 0 Å². The fourth-order valence-corrected chi connectivity index (χ4v) is 3.50. The first-order chi connectivity index (χ1) is 9.61. The molecule has 20 heavy (non-hydrogen) atoms. The number of amides is 1. The van der Waals surface area contributed by atoms with E-state index < -0.39 is 0 Å². The summed E-state index contributed by atoms with van der Waals surface area (Å²) in [5.74, 6) is 0.219. The van der Waals surface area contributed by atoms with Crippen LogP contribution in [0.5, 0.6) is 0 Å². The summed E-state index contributed by atoms with van der Waals surface area (Å²) in [5.41, 5.74) is 8.81. The molecule has 1 aromatic carbocycles. The van der Waals surface area contributed by atoms with Crippen molar-refractivity contribution in [3.8, 4) is 0 Å². The monoisotopic (exact) mass is 274 g/mol. The van der Waals surface area contributed by atoms with Gasteiger partial charge in [-0.15, -0.1) is 0 Å². The van der Waals surface area contributed by atoms with Crippen molar-refractivity contribution in [3.63, 3.8) is 0 Å². The maximum atomic E-state index is 12.9. The van der Waals surface area contributed by atoms with Crippen molar-refractivity contribution in [1.82, 2.24) is 0 Å². The summed E-state index contributed by atoms with van der Waals surface area (Å²) in [6.07, 6.45) is 2.70. The zero-order valence-corrected chi connectivity index (χ0v) is 12.1. The number of hydrogen-bond acceptors (Lipinski definition) is 3. The normalized spacial score (nSPS) is 28.7. The first-order valence-electron chi connectivity index (χ1n) is 7.45. The zero-order valence-electron chi connectivity index (χ0n) is 12.1. The minimum absolute atomic E-state index is 0.00551. The Balaban J connectivity index is 1.89. The fourth-order valence-electron chi connectivity index (χ4n) is 3.50. The van der Waals surface area contributed by atoms with Crippen LogP contribution in [0.1, 0.15) is 32.3 Å². The maximum Gasteiger partial charge on any atom is 0.233 e. The quantitative estimate of drug-likeness (QED) is 0.842. The third-order valence-electron chi connectivity index (χ3n) is 4.49. The van der Waals surface area contributed by atoms with Gasteiger partial charge >= 0.3 is 0 Å². The van der Waals surface area contributed by atoms with E-state index in [9.17, 15) is 4.79 Å². The number of carbonyl (C=O) groups excluding carboxylic acids is 1. The zero-order chi connectivity index (χ0) is 14.3. The van der Waals surface area contributed by atoms with Crippen molar-refractivity contribution in [3.05, 3.63) is 23.8 Å². The molecule has 3 unspecified atom stereocenters. The first-order valence-corrected chi connectivity index (χ1v) is 7.45. The molecule has 0 saturated carbocycles. The Hall–Kier alpha value is -1.55. The molecule has 2 heterocycles. The van der Waals surface area contributed by atoms with Crippen LogP contribution in [-0.4, -0.2) is 24.7 Å². The molecular formula is C16H22N2O2. The number of nitrogens with two attached hydrogens (primary N) is 1. The van der Waals surface area contributed by atoms with E-state index in [-0.39, 0.29) is 24.0 Å². The predicted octanol–water partition coefficient (Wildman–Crippen LogP) is 2.36. The molecule has 3 atom stereocenters. The molecule has 0 aromatic heterocycles. The molecule has 1 fully saturated rings. The van der Waals surface area contributed by atoms with Crippen LogP contribution in [0.25, 0.3) is 0 Å². The van der Waals surface area contributed by atoms with Crippen molar-refractivity contribution >= 4 is 17.3 Å². The van der Waals surface area contributed by atoms with Crippen LogP contribution in [0.4, 0.5) is 11.4 Å². The lowest BCUT2D eigenvalue weighted by atomic mass is 9.97. The summed E-state index contributed by atoms with van der Waals surface area (Å²) in [6, 6.07) is 6.04. The summed E-state index contributed by atoms with van der Waals surface area (Å²) in [4.78, 5) is 14.8. The maximum absolute atomic E-state index is 12.9. The molecular weight excluding hydrogens is 252 g/mol. The molecule has 108 valence electrons. The van der Waals surface area contributed by atoms with Crippen molar-refractivity contribution in [1.29, 1.82) is 0 Å². The summed E-state index contributed by atoms with van der Waals surface area (Å²) in [6.45, 7) is 4.88. The average molecular weight is 274 g/mol. The lowest BCUT2D eigenvalue weighted by molar-refractivity contribution is -0.124. The number of benzene rings is 1. The third-order valence-corrected chi connectivity index (χ3v) is 4.49. The van der Waals surface area contributed by atoms with Crippen molar-refractivity contribution in [2.45, 2.75) is 45.3 Å². The van der Waals surface area contributed by atoms with E-state index in [1.807, 2.05) is 23.1 Å². The highest BCUT2D eigenvalue weighted by atomic mass is 16.5. The average Bonchev–Trinajstić information content (AvgIpc) is 3.00. The Labute approximate surface area is 119 Å². The number of carbonyl (C=O) groups is 1. The molecule has 0 aliphatic carbocycles. The second-order valence-electron chi connectivity index (χ2n) is 5.86. The fraction of sp³-hybridized carbons (Fsp3) is 0.562. The van der Waals surface area contributed by atoms with E-state index in [1.54, 1.807) is 0 Å². The van der Waals surface area contributed by atoms with Gasteiger partial charge in [-0.25, -0.2) is 0 Å². The van der Waals surface area contributed by atoms with Crippen LogP contribution < -0.4 is 10.6 Å². The van der Waals surface area contributed by atoms with Gasteiger partial charge in [0.2, 0.25) is 5.91 Å². The van der Waals surface area contributed by atoms with Crippen LogP contribution in [0.2, 0.25) is 0 Å². The third kappa shape index (κ3) is 2.08. The lowest BCUT2D eigenvalue weighted by Crippen LogP contribution is -2.42. The molecule has 0 bridgehead atoms. The van der Waals surface area contributed by atoms with Crippen molar-refractivity contribution < 1.29 is 9.53 Å². The van der Waals surface area contributed by atoms with E-state index in [4.69, 9.17) is 10.5 Å². The smallest absolute Gasteiger partial charge is 0.233 e. The number of ether oxygens (including phenoxy) is 1. The summed E-state index contributed by atoms with van der Waals surface area (Å²) < 4.78 is 5.67. The Bertz CT molecular complexity index is 529. The highest BCUT2D eigenvalue weighted by Gasteiger charge is 2.40. The molecule has 2 aliphatic heterocycles. The molecule has 4 heteroatoms. The van der Waals surface area contributed by atoms with Gasteiger partial charge in [-0.2, -0.15) is 0 Å². The topological polar surface area (TPSA) is 55.6 Å². The van der Waals surface area contributed by atoms with E-state index in [1.165, 1.54) is 5.56 Å². The molecule has 0 radical (unpaired) electrons. The van der Waals surface area contributed by atoms with Gasteiger partial charge in [0.05, 0.1) is 12.0 Å². The van der Waals surface area contributed by atoms with Crippen LogP contribution in [0.3, 0.4) is 0 Å². The molecule has 0 spiro atoms. The molecule has 2 N–H and O–H groups in total. The van der Waals surface area contributed by atoms with Gasteiger partial charge in [0, 0.05) is 24.0 Å². The highest BCUT2D eigenvalue weighted by molar-refractivity contribution is 5.98. The second kappa shape index (κ2) is 5.09. The van der Waals surface area contributed by atoms with E-state index in [0.717, 1.165) is 30.6 Å². The molecule has 2 aliphatic rings. The minimum atomic E-state index is 0.00551. The van der Waals surface area contributed by atoms with Gasteiger partial charge < -0.3 is 15.4 Å². The number of anilines is 2. The van der Waals surface area contributed by atoms with Gasteiger partial charge in [0.1, 0.15) is 0 Å². The van der Waals surface area contributed by atoms with Crippen molar-refractivity contribution in [2.75, 3.05) is 17.2 Å². The molecule has 1 aromatic rings. The first kappa shape index (κ1) is 13.4. The largest absolute Gasteiger partial charge is 0.399 e. The number of fused-ring (bicyclic) bond motifs is 1. The van der Waals surface area contributed by atoms with Crippen LogP contribution in [0, 0.1) is 5.92 Å². The molecule has 1 amide bonds.